The third-order valence-electron chi connectivity index (χ3n) is 6.19. The van der Waals surface area contributed by atoms with Gasteiger partial charge >= 0.3 is 5.69 Å². The van der Waals surface area contributed by atoms with Crippen molar-refractivity contribution in [2.45, 2.75) is 63.6 Å². The number of hydrogen-bond acceptors (Lipinski definition) is 7. The maximum atomic E-state index is 12.7. The number of hydrogen-bond donors (Lipinski definition) is 2. The molecule has 9 heteroatoms. The normalized spacial score (nSPS) is 29.1. The van der Waals surface area contributed by atoms with E-state index in [0.717, 1.165) is 25.1 Å². The molecule has 31 heavy (non-hydrogen) atoms. The average molecular weight is 429 g/mol. The van der Waals surface area contributed by atoms with Crippen molar-refractivity contribution in [3.63, 3.8) is 0 Å². The molecular weight excluding hydrogens is 402 g/mol. The second-order valence-corrected chi connectivity index (χ2v) is 8.79. The summed E-state index contributed by atoms with van der Waals surface area (Å²) >= 11 is 0. The van der Waals surface area contributed by atoms with E-state index in [0.29, 0.717) is 12.1 Å². The molecule has 0 bridgehead atoms. The Bertz CT molecular complexity index is 1090. The molecule has 5 rings (SSSR count). The van der Waals surface area contributed by atoms with E-state index in [1.807, 2.05) is 12.1 Å². The summed E-state index contributed by atoms with van der Waals surface area (Å²) in [5.74, 6) is -0.850. The largest absolute Gasteiger partial charge is 0.394 e. The Kier molecular flexibility index (Phi) is 5.01. The molecule has 2 fully saturated rings. The van der Waals surface area contributed by atoms with Crippen LogP contribution in [0.15, 0.2) is 40.1 Å². The second-order valence-electron chi connectivity index (χ2n) is 8.79. The highest BCUT2D eigenvalue weighted by molar-refractivity contribution is 5.55. The Morgan fingerprint density at radius 1 is 1.19 bits per heavy atom. The van der Waals surface area contributed by atoms with Crippen LogP contribution >= 0.6 is 0 Å². The predicted octanol–water partition coefficient (Wildman–Crippen LogP) is 0.899. The second kappa shape index (κ2) is 7.59. The Morgan fingerprint density at radius 3 is 2.77 bits per heavy atom. The summed E-state index contributed by atoms with van der Waals surface area (Å²) in [4.78, 5) is 29.9. The minimum absolute atomic E-state index is 0.257. The third kappa shape index (κ3) is 3.61. The fraction of sp³-hybridized carbons (Fsp3) is 0.545. The molecule has 0 saturated carbocycles. The zero-order valence-corrected chi connectivity index (χ0v) is 17.6. The molecular formula is C22H27N3O6. The van der Waals surface area contributed by atoms with Gasteiger partial charge in [0.05, 0.1) is 12.2 Å². The highest BCUT2D eigenvalue weighted by atomic mass is 16.8. The van der Waals surface area contributed by atoms with Crippen molar-refractivity contribution < 1.29 is 19.3 Å². The number of para-hydroxylation sites is 1. The van der Waals surface area contributed by atoms with Crippen LogP contribution in [-0.2, 0) is 27.2 Å². The maximum Gasteiger partial charge on any atom is 0.330 e. The summed E-state index contributed by atoms with van der Waals surface area (Å²) in [5.41, 5.74) is 1.83. The Morgan fingerprint density at radius 2 is 1.97 bits per heavy atom. The smallest absolute Gasteiger partial charge is 0.330 e. The van der Waals surface area contributed by atoms with Crippen molar-refractivity contribution in [2.24, 2.45) is 0 Å². The van der Waals surface area contributed by atoms with Gasteiger partial charge in [-0.3, -0.25) is 14.3 Å². The number of nitrogens with one attached hydrogen (secondary N) is 1. The summed E-state index contributed by atoms with van der Waals surface area (Å²) in [6, 6.07) is 8.17. The number of aromatic amines is 1. The van der Waals surface area contributed by atoms with Crippen LogP contribution in [0, 0.1) is 0 Å². The monoisotopic (exact) mass is 429 g/mol. The molecule has 0 radical (unpaired) electrons. The number of benzene rings is 1. The molecule has 9 nitrogen and oxygen atoms in total. The van der Waals surface area contributed by atoms with Crippen LogP contribution < -0.4 is 16.1 Å². The molecule has 2 aromatic rings. The molecule has 0 spiro atoms. The average Bonchev–Trinajstić information content (AvgIpc) is 3.23. The van der Waals surface area contributed by atoms with E-state index in [2.05, 4.69) is 22.0 Å². The minimum atomic E-state index is -0.850. The maximum absolute atomic E-state index is 12.7. The SMILES string of the molecule is CC1(C)O[C@@H]2[C@H](O1)[C@@H](CO)O[C@H]2n1cc(CN2CCCc3ccccc32)c(=O)[nH]c1=O. The predicted molar refractivity (Wildman–Crippen MR) is 112 cm³/mol. The number of H-pyrrole nitrogens is 1. The fourth-order valence-electron chi connectivity index (χ4n) is 4.84. The van der Waals surface area contributed by atoms with Gasteiger partial charge in [-0.1, -0.05) is 18.2 Å². The van der Waals surface area contributed by atoms with Crippen LogP contribution in [0.1, 0.15) is 37.6 Å². The molecule has 3 aliphatic rings. The summed E-state index contributed by atoms with van der Waals surface area (Å²) < 4.78 is 19.1. The van der Waals surface area contributed by atoms with Gasteiger partial charge in [-0.05, 0) is 38.3 Å². The van der Waals surface area contributed by atoms with E-state index in [1.165, 1.54) is 10.1 Å². The Labute approximate surface area is 179 Å². The number of aromatic nitrogens is 2. The highest BCUT2D eigenvalue weighted by Gasteiger charge is 2.55. The third-order valence-corrected chi connectivity index (χ3v) is 6.19. The summed E-state index contributed by atoms with van der Waals surface area (Å²) in [6.45, 7) is 4.52. The lowest BCUT2D eigenvalue weighted by atomic mass is 10.0. The lowest BCUT2D eigenvalue weighted by Gasteiger charge is -2.31. The molecule has 1 aromatic heterocycles. The van der Waals surface area contributed by atoms with Crippen molar-refractivity contribution in [1.29, 1.82) is 0 Å². The van der Waals surface area contributed by atoms with Gasteiger partial charge in [-0.25, -0.2) is 4.79 Å². The number of ether oxygens (including phenoxy) is 3. The quantitative estimate of drug-likeness (QED) is 0.744. The van der Waals surface area contributed by atoms with E-state index >= 15 is 0 Å². The molecule has 0 amide bonds. The molecule has 0 unspecified atom stereocenters. The lowest BCUT2D eigenvalue weighted by Crippen LogP contribution is -2.40. The number of aliphatic hydroxyl groups excluding tert-OH is 1. The molecule has 1 aromatic carbocycles. The number of aryl methyl sites for hydroxylation is 1. The van der Waals surface area contributed by atoms with Crippen LogP contribution in [0.4, 0.5) is 5.69 Å². The molecule has 4 atom stereocenters. The first kappa shape index (κ1) is 20.4. The van der Waals surface area contributed by atoms with Gasteiger partial charge in [0.15, 0.2) is 12.0 Å². The van der Waals surface area contributed by atoms with Gasteiger partial charge in [-0.2, -0.15) is 0 Å². The summed E-state index contributed by atoms with van der Waals surface area (Å²) in [5, 5.41) is 9.71. The van der Waals surface area contributed by atoms with Crippen molar-refractivity contribution in [3.05, 3.63) is 62.4 Å². The van der Waals surface area contributed by atoms with Crippen molar-refractivity contribution in [1.82, 2.24) is 9.55 Å². The van der Waals surface area contributed by atoms with Crippen LogP contribution in [0.5, 0.6) is 0 Å². The number of rotatable bonds is 4. The molecule has 2 N–H and O–H groups in total. The Hall–Kier alpha value is -2.46. The first-order chi connectivity index (χ1) is 14.9. The number of nitrogens with zero attached hydrogens (tertiary/aromatic N) is 2. The van der Waals surface area contributed by atoms with Crippen LogP contribution in [-0.4, -0.2) is 51.9 Å². The van der Waals surface area contributed by atoms with Gasteiger partial charge in [0, 0.05) is 25.0 Å². The zero-order valence-electron chi connectivity index (χ0n) is 17.6. The molecule has 2 saturated heterocycles. The Balaban J connectivity index is 1.48. The lowest BCUT2D eigenvalue weighted by molar-refractivity contribution is -0.200. The van der Waals surface area contributed by atoms with E-state index in [4.69, 9.17) is 14.2 Å². The molecule has 0 aliphatic carbocycles. The van der Waals surface area contributed by atoms with Crippen molar-refractivity contribution in [2.75, 3.05) is 18.1 Å². The van der Waals surface area contributed by atoms with Crippen molar-refractivity contribution >= 4 is 5.69 Å². The molecule has 4 heterocycles. The first-order valence-corrected chi connectivity index (χ1v) is 10.7. The van der Waals surface area contributed by atoms with Crippen LogP contribution in [0.2, 0.25) is 0 Å². The molecule has 166 valence electrons. The van der Waals surface area contributed by atoms with E-state index in [-0.39, 0.29) is 6.61 Å². The topological polar surface area (TPSA) is 106 Å². The standard InChI is InChI=1S/C22H27N3O6/c1-22(2)30-17-16(12-26)29-20(18(17)31-22)25-11-14(19(27)23-21(25)28)10-24-9-5-7-13-6-3-4-8-15(13)24/h3-4,6,8,11,16-18,20,26H,5,7,9-10,12H2,1-2H3,(H,23,27,28)/t16-,17-,18-,20-/m1/s1. The minimum Gasteiger partial charge on any atom is -0.394 e. The molecule has 3 aliphatic heterocycles. The van der Waals surface area contributed by atoms with Crippen LogP contribution in [0.25, 0.3) is 0 Å². The number of aliphatic hydroxyl groups is 1. The van der Waals surface area contributed by atoms with E-state index < -0.39 is 41.6 Å². The number of fused-ring (bicyclic) bond motifs is 2. The van der Waals surface area contributed by atoms with Gasteiger partial charge in [0.2, 0.25) is 0 Å². The fourth-order valence-corrected chi connectivity index (χ4v) is 4.84. The summed E-state index contributed by atoms with van der Waals surface area (Å²) in [7, 11) is 0. The van der Waals surface area contributed by atoms with E-state index in [1.54, 1.807) is 20.0 Å². The first-order valence-electron chi connectivity index (χ1n) is 10.7. The number of anilines is 1. The van der Waals surface area contributed by atoms with Gasteiger partial charge in [-0.15, -0.1) is 0 Å². The zero-order chi connectivity index (χ0) is 21.8. The van der Waals surface area contributed by atoms with Crippen LogP contribution in [0.3, 0.4) is 0 Å². The highest BCUT2D eigenvalue weighted by Crippen LogP contribution is 2.42. The van der Waals surface area contributed by atoms with Gasteiger partial charge in [0.25, 0.3) is 5.56 Å². The van der Waals surface area contributed by atoms with Gasteiger partial charge < -0.3 is 24.2 Å². The van der Waals surface area contributed by atoms with E-state index in [9.17, 15) is 14.7 Å². The van der Waals surface area contributed by atoms with Gasteiger partial charge in [0.1, 0.15) is 18.3 Å². The van der Waals surface area contributed by atoms with Crippen molar-refractivity contribution in [3.8, 4) is 0 Å². The summed E-state index contributed by atoms with van der Waals surface area (Å²) in [6.07, 6.45) is 1.07.